The molecule has 0 bridgehead atoms. The molecule has 0 radical (unpaired) electrons. The molecule has 0 N–H and O–H groups in total. The number of nitrogens with zero attached hydrogens (tertiary/aromatic N) is 2. The molecule has 44 valence electrons. The van der Waals surface area contributed by atoms with Crippen molar-refractivity contribution >= 4 is 21.8 Å². The van der Waals surface area contributed by atoms with E-state index in [2.05, 4.69) is 15.7 Å². The van der Waals surface area contributed by atoms with Crippen LogP contribution in [0.3, 0.4) is 0 Å². The van der Waals surface area contributed by atoms with Gasteiger partial charge in [0, 0.05) is 0 Å². The predicted molar refractivity (Wildman–Crippen MR) is 38.7 cm³/mol. The molecule has 1 heterocycles. The fourth-order valence-corrected chi connectivity index (χ4v) is 1.42. The molecular weight excluding hydrogens is 140 g/mol. The Morgan fingerprint density at radius 1 is 1.50 bits per heavy atom. The molecule has 0 atom stereocenters. The molecular formula is C4H6N2S2. The molecule has 1 aliphatic heterocycles. The molecule has 0 unspecified atom stereocenters. The van der Waals surface area contributed by atoms with E-state index in [4.69, 9.17) is 0 Å². The normalized spacial score (nSPS) is 20.0. The maximum Gasteiger partial charge on any atom is 0.0716 e. The van der Waals surface area contributed by atoms with Crippen LogP contribution in [-0.4, -0.2) is 6.54 Å². The molecule has 1 aliphatic rings. The van der Waals surface area contributed by atoms with E-state index in [1.807, 2.05) is 5.41 Å². The summed E-state index contributed by atoms with van der Waals surface area (Å²) < 4.78 is 3.78. The van der Waals surface area contributed by atoms with Crippen LogP contribution >= 0.6 is 21.8 Å². The lowest BCUT2D eigenvalue weighted by Crippen LogP contribution is -1.72. The van der Waals surface area contributed by atoms with Gasteiger partial charge in [-0.3, -0.25) is 0 Å². The second kappa shape index (κ2) is 3.97. The molecule has 0 fully saturated rings. The highest BCUT2D eigenvalue weighted by atomic mass is 33.1. The lowest BCUT2D eigenvalue weighted by molar-refractivity contribution is 0.953. The van der Waals surface area contributed by atoms with Crippen molar-refractivity contribution in [1.82, 2.24) is 0 Å². The second-order valence-electron chi connectivity index (χ2n) is 1.28. The van der Waals surface area contributed by atoms with Crippen LogP contribution in [0.2, 0.25) is 0 Å². The number of rotatable bonds is 0. The van der Waals surface area contributed by atoms with Crippen molar-refractivity contribution in [3.05, 3.63) is 11.5 Å². The Bertz CT molecular complexity index is 84.6. The molecule has 2 nitrogen and oxygen atoms in total. The lowest BCUT2D eigenvalue weighted by Gasteiger charge is -1.90. The Morgan fingerprint density at radius 3 is 3.50 bits per heavy atom. The molecule has 8 heavy (non-hydrogen) atoms. The Hall–Kier alpha value is 0.0400. The van der Waals surface area contributed by atoms with Crippen molar-refractivity contribution in [1.29, 1.82) is 0 Å². The fraction of sp³-hybridized carbons (Fsp3) is 0.500. The maximum atomic E-state index is 3.85. The summed E-state index contributed by atoms with van der Waals surface area (Å²) in [4.78, 5) is 0. The van der Waals surface area contributed by atoms with E-state index in [9.17, 15) is 0 Å². The molecule has 0 spiro atoms. The van der Waals surface area contributed by atoms with Gasteiger partial charge in [0.2, 0.25) is 0 Å². The van der Waals surface area contributed by atoms with E-state index in [0.717, 1.165) is 13.0 Å². The van der Waals surface area contributed by atoms with Gasteiger partial charge in [-0.2, -0.15) is 5.11 Å². The van der Waals surface area contributed by atoms with E-state index in [1.54, 1.807) is 10.8 Å². The average Bonchev–Trinajstić information content (AvgIpc) is 1.62. The van der Waals surface area contributed by atoms with Crippen LogP contribution in [0.1, 0.15) is 6.42 Å². The molecule has 1 rings (SSSR count). The van der Waals surface area contributed by atoms with Crippen molar-refractivity contribution in [3.8, 4) is 0 Å². The van der Waals surface area contributed by atoms with Gasteiger partial charge in [-0.1, -0.05) is 6.08 Å². The van der Waals surface area contributed by atoms with Gasteiger partial charge in [0.1, 0.15) is 0 Å². The topological polar surface area (TPSA) is 24.7 Å². The third kappa shape index (κ3) is 2.37. The average molecular weight is 146 g/mol. The maximum absolute atomic E-state index is 3.85. The highest BCUT2D eigenvalue weighted by Gasteiger charge is 1.84. The van der Waals surface area contributed by atoms with E-state index >= 15 is 0 Å². The fourth-order valence-electron chi connectivity index (χ4n) is 0.348. The molecule has 0 amide bonds. The van der Waals surface area contributed by atoms with Crippen LogP contribution in [0.4, 0.5) is 0 Å². The highest BCUT2D eigenvalue weighted by molar-refractivity contribution is 8.77. The monoisotopic (exact) mass is 146 g/mol. The Balaban J connectivity index is 2.29. The number of hydrogen-bond acceptors (Lipinski definition) is 4. The van der Waals surface area contributed by atoms with Crippen LogP contribution in [-0.2, 0) is 0 Å². The first-order valence-electron chi connectivity index (χ1n) is 2.34. The molecule has 0 saturated heterocycles. The third-order valence-corrected chi connectivity index (χ3v) is 2.04. The zero-order chi connectivity index (χ0) is 5.66. The first kappa shape index (κ1) is 6.16. The summed E-state index contributed by atoms with van der Waals surface area (Å²) >= 11 is 0. The van der Waals surface area contributed by atoms with Crippen molar-refractivity contribution in [2.24, 2.45) is 9.63 Å². The van der Waals surface area contributed by atoms with Crippen molar-refractivity contribution in [2.75, 3.05) is 6.54 Å². The van der Waals surface area contributed by atoms with Crippen molar-refractivity contribution in [2.45, 2.75) is 6.42 Å². The smallest absolute Gasteiger partial charge is 0.0716 e. The van der Waals surface area contributed by atoms with Gasteiger partial charge in [-0.25, -0.2) is 0 Å². The van der Waals surface area contributed by atoms with Crippen LogP contribution in [0.5, 0.6) is 0 Å². The predicted octanol–water partition coefficient (Wildman–Crippen LogP) is 2.65. The summed E-state index contributed by atoms with van der Waals surface area (Å²) in [5, 5.41) is 5.89. The van der Waals surface area contributed by atoms with Crippen molar-refractivity contribution < 1.29 is 0 Å². The van der Waals surface area contributed by atoms with Gasteiger partial charge in [0.25, 0.3) is 0 Å². The summed E-state index contributed by atoms with van der Waals surface area (Å²) in [6.07, 6.45) is 3.13. The van der Waals surface area contributed by atoms with E-state index in [-0.39, 0.29) is 0 Å². The molecule has 0 saturated carbocycles. The Labute approximate surface area is 56.4 Å². The first-order chi connectivity index (χ1) is 4.00. The summed E-state index contributed by atoms with van der Waals surface area (Å²) in [5.74, 6) is 0. The highest BCUT2D eigenvalue weighted by Crippen LogP contribution is 2.25. The molecule has 0 aromatic heterocycles. The third-order valence-electron chi connectivity index (χ3n) is 0.682. The summed E-state index contributed by atoms with van der Waals surface area (Å²) in [5.41, 5.74) is 0. The SMILES string of the molecule is C1=CSSN=NCC1. The molecule has 4 heteroatoms. The zero-order valence-electron chi connectivity index (χ0n) is 4.28. The Morgan fingerprint density at radius 2 is 2.50 bits per heavy atom. The Kier molecular flexibility index (Phi) is 3.06. The summed E-state index contributed by atoms with van der Waals surface area (Å²) in [6.45, 7) is 0.837. The summed E-state index contributed by atoms with van der Waals surface area (Å²) in [6, 6.07) is 0. The molecule has 0 aromatic rings. The zero-order valence-corrected chi connectivity index (χ0v) is 5.91. The largest absolute Gasteiger partial charge is 0.181 e. The van der Waals surface area contributed by atoms with E-state index in [0.29, 0.717) is 0 Å². The van der Waals surface area contributed by atoms with Crippen LogP contribution in [0.25, 0.3) is 0 Å². The van der Waals surface area contributed by atoms with Gasteiger partial charge in [0.15, 0.2) is 0 Å². The van der Waals surface area contributed by atoms with E-state index in [1.165, 1.54) is 11.0 Å². The van der Waals surface area contributed by atoms with Gasteiger partial charge in [0.05, 0.1) is 17.5 Å². The lowest BCUT2D eigenvalue weighted by atomic mass is 10.4. The number of hydrogen-bond donors (Lipinski definition) is 0. The van der Waals surface area contributed by atoms with Crippen LogP contribution < -0.4 is 0 Å². The van der Waals surface area contributed by atoms with Gasteiger partial charge >= 0.3 is 0 Å². The molecule has 0 aromatic carbocycles. The standard InChI is InChI=1S/C4H6N2S2/c1-2-4-7-8-6-5-3-1/h2,4H,1,3H2. The van der Waals surface area contributed by atoms with E-state index < -0.39 is 0 Å². The van der Waals surface area contributed by atoms with Gasteiger partial charge < -0.3 is 0 Å². The van der Waals surface area contributed by atoms with Crippen LogP contribution in [0.15, 0.2) is 21.1 Å². The van der Waals surface area contributed by atoms with Gasteiger partial charge in [-0.15, -0.1) is 4.52 Å². The van der Waals surface area contributed by atoms with Gasteiger partial charge in [-0.05, 0) is 22.6 Å². The minimum atomic E-state index is 0.837. The second-order valence-corrected chi connectivity index (χ2v) is 3.08. The molecule has 0 aliphatic carbocycles. The van der Waals surface area contributed by atoms with Crippen molar-refractivity contribution in [3.63, 3.8) is 0 Å². The minimum Gasteiger partial charge on any atom is -0.181 e. The minimum absolute atomic E-state index is 0.837. The summed E-state index contributed by atoms with van der Waals surface area (Å²) in [7, 11) is 3.02. The van der Waals surface area contributed by atoms with Crippen LogP contribution in [0, 0.1) is 0 Å². The quantitative estimate of drug-likeness (QED) is 0.387. The first-order valence-corrected chi connectivity index (χ1v) is 4.51.